The van der Waals surface area contributed by atoms with Crippen molar-refractivity contribution in [2.24, 2.45) is 0 Å². The number of aliphatic hydroxyl groups is 2. The molecule has 5 nitrogen and oxygen atoms in total. The van der Waals surface area contributed by atoms with E-state index >= 15 is 0 Å². The average Bonchev–Trinajstić information content (AvgIpc) is 3.15. The maximum atomic E-state index is 14.0. The minimum Gasteiger partial charge on any atom is -0.388 e. The number of aliphatic hydroxyl groups excluding tert-OH is 1. The first-order valence-electron chi connectivity index (χ1n) is 9.74. The van der Waals surface area contributed by atoms with Crippen molar-refractivity contribution >= 4 is 23.2 Å². The number of nitrogens with zero attached hydrogens (tertiary/aromatic N) is 1. The van der Waals surface area contributed by atoms with Gasteiger partial charge >= 0.3 is 0 Å². The molecule has 0 saturated carbocycles. The van der Waals surface area contributed by atoms with E-state index in [0.717, 1.165) is 12.1 Å². The fraction of sp³-hybridized carbons (Fsp3) is 0.318. The Kier molecular flexibility index (Phi) is 6.07. The maximum Gasteiger partial charge on any atom is 0.175 e. The Morgan fingerprint density at radius 1 is 1.19 bits per heavy atom. The third-order valence-electron chi connectivity index (χ3n) is 5.72. The van der Waals surface area contributed by atoms with Gasteiger partial charge in [0.1, 0.15) is 5.60 Å². The summed E-state index contributed by atoms with van der Waals surface area (Å²) in [5, 5.41) is 30.2. The predicted molar refractivity (Wildman–Crippen MR) is 113 cm³/mol. The van der Waals surface area contributed by atoms with E-state index in [2.05, 4.69) is 10.5 Å². The second kappa shape index (κ2) is 8.48. The lowest BCUT2D eigenvalue weighted by Crippen LogP contribution is -2.47. The van der Waals surface area contributed by atoms with Crippen LogP contribution >= 0.6 is 23.2 Å². The SMILES string of the molecule is CC(O)c1c([C@H]2CNCC[C@]2(O)c2ccc(F)c(F)c2)noc1-c1c(Cl)cccc1Cl. The molecular formula is C22H20Cl2F2N2O3. The summed E-state index contributed by atoms with van der Waals surface area (Å²) in [4.78, 5) is 0. The van der Waals surface area contributed by atoms with Crippen LogP contribution in [0.2, 0.25) is 10.0 Å². The molecule has 1 aromatic heterocycles. The van der Waals surface area contributed by atoms with Crippen molar-refractivity contribution in [3.05, 3.63) is 74.9 Å². The fourth-order valence-electron chi connectivity index (χ4n) is 4.16. The van der Waals surface area contributed by atoms with Gasteiger partial charge in [-0.3, -0.25) is 0 Å². The van der Waals surface area contributed by atoms with E-state index in [4.69, 9.17) is 27.7 Å². The van der Waals surface area contributed by atoms with Crippen molar-refractivity contribution in [2.45, 2.75) is 31.0 Å². The monoisotopic (exact) mass is 468 g/mol. The Morgan fingerprint density at radius 2 is 1.90 bits per heavy atom. The van der Waals surface area contributed by atoms with Crippen LogP contribution in [-0.2, 0) is 5.60 Å². The molecule has 1 saturated heterocycles. The van der Waals surface area contributed by atoms with Gasteiger partial charge in [-0.1, -0.05) is 40.5 Å². The number of hydrogen-bond acceptors (Lipinski definition) is 5. The van der Waals surface area contributed by atoms with Crippen molar-refractivity contribution in [3.63, 3.8) is 0 Å². The van der Waals surface area contributed by atoms with Gasteiger partial charge in [0.25, 0.3) is 0 Å². The lowest BCUT2D eigenvalue weighted by atomic mass is 9.73. The second-order valence-corrected chi connectivity index (χ2v) is 8.46. The van der Waals surface area contributed by atoms with E-state index in [1.165, 1.54) is 13.0 Å². The summed E-state index contributed by atoms with van der Waals surface area (Å²) in [6.07, 6.45) is -0.809. The first-order valence-corrected chi connectivity index (χ1v) is 10.5. The molecule has 2 heterocycles. The number of piperidine rings is 1. The number of halogens is 4. The van der Waals surface area contributed by atoms with Crippen molar-refractivity contribution in [2.75, 3.05) is 13.1 Å². The molecule has 1 unspecified atom stereocenters. The molecule has 1 fully saturated rings. The molecule has 3 atom stereocenters. The van der Waals surface area contributed by atoms with Gasteiger partial charge < -0.3 is 20.1 Å². The van der Waals surface area contributed by atoms with Crippen LogP contribution in [0.4, 0.5) is 8.78 Å². The minimum absolute atomic E-state index is 0.193. The van der Waals surface area contributed by atoms with Crippen LogP contribution in [0.1, 0.15) is 42.2 Å². The molecule has 0 bridgehead atoms. The Balaban J connectivity index is 1.88. The van der Waals surface area contributed by atoms with Gasteiger partial charge in [0.05, 0.1) is 38.9 Å². The third-order valence-corrected chi connectivity index (χ3v) is 6.35. The fourth-order valence-corrected chi connectivity index (χ4v) is 4.73. The van der Waals surface area contributed by atoms with E-state index in [1.54, 1.807) is 18.2 Å². The summed E-state index contributed by atoms with van der Waals surface area (Å²) in [5.41, 5.74) is -0.359. The lowest BCUT2D eigenvalue weighted by molar-refractivity contribution is -0.0184. The van der Waals surface area contributed by atoms with Crippen molar-refractivity contribution in [1.29, 1.82) is 0 Å². The second-order valence-electron chi connectivity index (χ2n) is 7.64. The smallest absolute Gasteiger partial charge is 0.175 e. The highest BCUT2D eigenvalue weighted by molar-refractivity contribution is 6.39. The first kappa shape index (κ1) is 22.2. The summed E-state index contributed by atoms with van der Waals surface area (Å²) in [7, 11) is 0. The molecule has 164 valence electrons. The summed E-state index contributed by atoms with van der Waals surface area (Å²) in [5.74, 6) is -2.57. The molecule has 0 amide bonds. The molecule has 0 radical (unpaired) electrons. The van der Waals surface area contributed by atoms with Crippen LogP contribution in [0.15, 0.2) is 40.9 Å². The van der Waals surface area contributed by atoms with Gasteiger partial charge in [0.2, 0.25) is 0 Å². The zero-order valence-corrected chi connectivity index (χ0v) is 18.0. The van der Waals surface area contributed by atoms with E-state index < -0.39 is 29.3 Å². The van der Waals surface area contributed by atoms with Gasteiger partial charge in [-0.15, -0.1) is 0 Å². The number of nitrogens with one attached hydrogen (secondary N) is 1. The highest BCUT2D eigenvalue weighted by Crippen LogP contribution is 2.47. The number of benzene rings is 2. The van der Waals surface area contributed by atoms with E-state index in [9.17, 15) is 19.0 Å². The van der Waals surface area contributed by atoms with Crippen molar-refractivity contribution < 1.29 is 23.5 Å². The Labute approximate surface area is 187 Å². The van der Waals surface area contributed by atoms with Gasteiger partial charge in [0.15, 0.2) is 17.4 Å². The van der Waals surface area contributed by atoms with E-state index in [-0.39, 0.29) is 24.3 Å². The van der Waals surface area contributed by atoms with Gasteiger partial charge in [0, 0.05) is 6.54 Å². The van der Waals surface area contributed by atoms with Gasteiger partial charge in [-0.05, 0) is 49.7 Å². The predicted octanol–water partition coefficient (Wildman–Crippen LogP) is 4.94. The maximum absolute atomic E-state index is 14.0. The molecule has 3 aromatic rings. The minimum atomic E-state index is -1.57. The molecule has 9 heteroatoms. The lowest BCUT2D eigenvalue weighted by Gasteiger charge is -2.40. The van der Waals surface area contributed by atoms with E-state index in [0.29, 0.717) is 33.4 Å². The van der Waals surface area contributed by atoms with Gasteiger partial charge in [-0.2, -0.15) is 0 Å². The standard InChI is InChI=1S/C22H20Cl2F2N2O3/c1-11(29)18-20(28-31-21(18)19-14(23)3-2-4-15(19)24)13-10-27-8-7-22(13,30)12-5-6-16(25)17(26)9-12/h2-6,9,11,13,27,29-30H,7-8,10H2,1H3/t11?,13-,22+/m1/s1. The van der Waals surface area contributed by atoms with Crippen LogP contribution in [0.25, 0.3) is 11.3 Å². The Bertz CT molecular complexity index is 1100. The quantitative estimate of drug-likeness (QED) is 0.505. The summed E-state index contributed by atoms with van der Waals surface area (Å²) < 4.78 is 33.0. The molecule has 2 aromatic carbocycles. The highest BCUT2D eigenvalue weighted by atomic mass is 35.5. The topological polar surface area (TPSA) is 78.5 Å². The van der Waals surface area contributed by atoms with Crippen LogP contribution in [0.5, 0.6) is 0 Å². The molecular weight excluding hydrogens is 449 g/mol. The average molecular weight is 469 g/mol. The first-order chi connectivity index (χ1) is 14.7. The Hall–Kier alpha value is -2.03. The number of rotatable bonds is 4. The summed E-state index contributed by atoms with van der Waals surface area (Å²) in [6, 6.07) is 8.27. The summed E-state index contributed by atoms with van der Waals surface area (Å²) >= 11 is 12.7. The number of hydrogen-bond donors (Lipinski definition) is 3. The molecule has 4 rings (SSSR count). The molecule has 0 spiro atoms. The molecule has 1 aliphatic heterocycles. The zero-order chi connectivity index (χ0) is 22.3. The van der Waals surface area contributed by atoms with Crippen LogP contribution in [0.3, 0.4) is 0 Å². The van der Waals surface area contributed by atoms with Crippen molar-refractivity contribution in [3.8, 4) is 11.3 Å². The summed E-state index contributed by atoms with van der Waals surface area (Å²) in [6.45, 7) is 2.27. The normalized spacial score (nSPS) is 22.5. The van der Waals surface area contributed by atoms with E-state index in [1.807, 2.05) is 0 Å². The van der Waals surface area contributed by atoms with Crippen LogP contribution in [-0.4, -0.2) is 28.5 Å². The number of aromatic nitrogens is 1. The molecule has 1 aliphatic rings. The largest absolute Gasteiger partial charge is 0.388 e. The van der Waals surface area contributed by atoms with Crippen LogP contribution < -0.4 is 5.32 Å². The van der Waals surface area contributed by atoms with Crippen molar-refractivity contribution in [1.82, 2.24) is 10.5 Å². The molecule has 31 heavy (non-hydrogen) atoms. The Morgan fingerprint density at radius 3 is 2.55 bits per heavy atom. The zero-order valence-electron chi connectivity index (χ0n) is 16.5. The van der Waals surface area contributed by atoms with Crippen LogP contribution in [0, 0.1) is 11.6 Å². The molecule has 3 N–H and O–H groups in total. The third kappa shape index (κ3) is 3.85. The highest BCUT2D eigenvalue weighted by Gasteiger charge is 2.45. The van der Waals surface area contributed by atoms with Gasteiger partial charge in [-0.25, -0.2) is 8.78 Å². The molecule has 0 aliphatic carbocycles.